The van der Waals surface area contributed by atoms with Gasteiger partial charge in [-0.15, -0.1) is 0 Å². The summed E-state index contributed by atoms with van der Waals surface area (Å²) in [4.78, 5) is 11.9. The van der Waals surface area contributed by atoms with Gasteiger partial charge < -0.3 is 10.6 Å². The van der Waals surface area contributed by atoms with E-state index in [0.29, 0.717) is 5.92 Å². The maximum absolute atomic E-state index is 11.9. The summed E-state index contributed by atoms with van der Waals surface area (Å²) in [5.74, 6) is 0.788. The molecule has 1 amide bonds. The second-order valence-corrected chi connectivity index (χ2v) is 4.77. The molecule has 17 heavy (non-hydrogen) atoms. The van der Waals surface area contributed by atoms with Crippen molar-refractivity contribution in [1.29, 1.82) is 0 Å². The van der Waals surface area contributed by atoms with Gasteiger partial charge in [0.2, 0.25) is 5.91 Å². The molecule has 1 aliphatic rings. The first kappa shape index (κ1) is 12.1. The van der Waals surface area contributed by atoms with Gasteiger partial charge in [0.25, 0.3) is 0 Å². The maximum Gasteiger partial charge on any atom is 0.224 e. The molecular weight excluding hydrogens is 212 g/mol. The Bertz CT molecular complexity index is 364. The number of carbonyl (C=O) groups is 1. The highest BCUT2D eigenvalue weighted by molar-refractivity contribution is 5.79. The van der Waals surface area contributed by atoms with E-state index in [9.17, 15) is 4.79 Å². The first-order chi connectivity index (χ1) is 8.27. The number of amides is 1. The van der Waals surface area contributed by atoms with E-state index in [1.165, 1.54) is 5.56 Å². The smallest absolute Gasteiger partial charge is 0.224 e. The number of nitrogens with one attached hydrogen (secondary N) is 2. The third kappa shape index (κ3) is 3.30. The molecule has 0 aliphatic carbocycles. The zero-order valence-corrected chi connectivity index (χ0v) is 10.3. The fraction of sp³-hybridized carbons (Fsp3) is 0.500. The highest BCUT2D eigenvalue weighted by Gasteiger charge is 2.28. The number of rotatable bonds is 4. The Morgan fingerprint density at radius 3 is 2.76 bits per heavy atom. The van der Waals surface area contributed by atoms with Crippen molar-refractivity contribution >= 4 is 5.91 Å². The van der Waals surface area contributed by atoms with Crippen LogP contribution in [0, 0.1) is 11.8 Å². The predicted octanol–water partition coefficient (Wildman–Crippen LogP) is 1.20. The van der Waals surface area contributed by atoms with E-state index in [2.05, 4.69) is 29.7 Å². The van der Waals surface area contributed by atoms with Crippen molar-refractivity contribution in [1.82, 2.24) is 10.6 Å². The normalized spacial score (nSPS) is 23.6. The molecule has 2 N–H and O–H groups in total. The van der Waals surface area contributed by atoms with E-state index >= 15 is 0 Å². The van der Waals surface area contributed by atoms with Crippen molar-refractivity contribution in [2.75, 3.05) is 19.6 Å². The van der Waals surface area contributed by atoms with E-state index in [0.717, 1.165) is 26.1 Å². The Balaban J connectivity index is 1.73. The van der Waals surface area contributed by atoms with Crippen molar-refractivity contribution in [3.63, 3.8) is 0 Å². The second-order valence-electron chi connectivity index (χ2n) is 4.77. The molecule has 2 atom stereocenters. The van der Waals surface area contributed by atoms with Gasteiger partial charge >= 0.3 is 0 Å². The monoisotopic (exact) mass is 232 g/mol. The quantitative estimate of drug-likeness (QED) is 0.819. The summed E-state index contributed by atoms with van der Waals surface area (Å²) in [7, 11) is 0. The molecule has 0 radical (unpaired) electrons. The Morgan fingerprint density at radius 2 is 2.12 bits per heavy atom. The lowest BCUT2D eigenvalue weighted by Crippen LogP contribution is -2.35. The van der Waals surface area contributed by atoms with E-state index in [4.69, 9.17) is 0 Å². The van der Waals surface area contributed by atoms with Crippen LogP contribution in [0.25, 0.3) is 0 Å². The van der Waals surface area contributed by atoms with Crippen LogP contribution in [0.5, 0.6) is 0 Å². The largest absolute Gasteiger partial charge is 0.355 e. The first-order valence-corrected chi connectivity index (χ1v) is 6.29. The minimum atomic E-state index is 0.144. The maximum atomic E-state index is 11.9. The van der Waals surface area contributed by atoms with E-state index in [1.54, 1.807) is 0 Å². The summed E-state index contributed by atoms with van der Waals surface area (Å²) in [6, 6.07) is 10.2. The van der Waals surface area contributed by atoms with Crippen LogP contribution < -0.4 is 10.6 Å². The molecule has 0 saturated carbocycles. The molecule has 92 valence electrons. The molecule has 2 rings (SSSR count). The highest BCUT2D eigenvalue weighted by atomic mass is 16.1. The molecule has 1 aromatic rings. The van der Waals surface area contributed by atoms with Crippen molar-refractivity contribution < 1.29 is 4.79 Å². The predicted molar refractivity (Wildman–Crippen MR) is 68.7 cm³/mol. The molecule has 3 heteroatoms. The SMILES string of the molecule is CC1CNCC1C(=O)NCCc1ccccc1. The Morgan fingerprint density at radius 1 is 1.35 bits per heavy atom. The summed E-state index contributed by atoms with van der Waals surface area (Å²) in [6.45, 7) is 4.63. The summed E-state index contributed by atoms with van der Waals surface area (Å²) in [5.41, 5.74) is 1.27. The van der Waals surface area contributed by atoms with E-state index in [-0.39, 0.29) is 11.8 Å². The Labute approximate surface area is 103 Å². The third-order valence-corrected chi connectivity index (χ3v) is 3.41. The molecule has 3 nitrogen and oxygen atoms in total. The van der Waals surface area contributed by atoms with Crippen molar-refractivity contribution in [3.05, 3.63) is 35.9 Å². The zero-order chi connectivity index (χ0) is 12.1. The molecule has 1 fully saturated rings. The van der Waals surface area contributed by atoms with Crippen LogP contribution >= 0.6 is 0 Å². The number of hydrogen-bond donors (Lipinski definition) is 2. The molecule has 0 aromatic heterocycles. The van der Waals surface area contributed by atoms with E-state index in [1.807, 2.05) is 18.2 Å². The van der Waals surface area contributed by atoms with Crippen molar-refractivity contribution in [2.24, 2.45) is 11.8 Å². The molecule has 1 aromatic carbocycles. The average Bonchev–Trinajstić information content (AvgIpc) is 2.77. The van der Waals surface area contributed by atoms with Crippen LogP contribution in [0.1, 0.15) is 12.5 Å². The van der Waals surface area contributed by atoms with Crippen LogP contribution in [0.3, 0.4) is 0 Å². The standard InChI is InChI=1S/C14H20N2O/c1-11-9-15-10-13(11)14(17)16-8-7-12-5-3-2-4-6-12/h2-6,11,13,15H,7-10H2,1H3,(H,16,17). The van der Waals surface area contributed by atoms with Gasteiger partial charge in [-0.3, -0.25) is 4.79 Å². The molecule has 1 aliphatic heterocycles. The lowest BCUT2D eigenvalue weighted by atomic mass is 9.97. The van der Waals surface area contributed by atoms with Crippen LogP contribution in [-0.2, 0) is 11.2 Å². The first-order valence-electron chi connectivity index (χ1n) is 6.29. The van der Waals surface area contributed by atoms with Gasteiger partial charge in [0.15, 0.2) is 0 Å². The van der Waals surface area contributed by atoms with Gasteiger partial charge in [-0.05, 0) is 24.4 Å². The average molecular weight is 232 g/mol. The molecule has 1 heterocycles. The number of benzene rings is 1. The minimum absolute atomic E-state index is 0.144. The van der Waals surface area contributed by atoms with Crippen molar-refractivity contribution in [3.8, 4) is 0 Å². The van der Waals surface area contributed by atoms with Crippen LogP contribution in [0.2, 0.25) is 0 Å². The van der Waals surface area contributed by atoms with Gasteiger partial charge in [0.1, 0.15) is 0 Å². The van der Waals surface area contributed by atoms with Gasteiger partial charge in [-0.2, -0.15) is 0 Å². The lowest BCUT2D eigenvalue weighted by molar-refractivity contribution is -0.125. The summed E-state index contributed by atoms with van der Waals surface area (Å²) >= 11 is 0. The molecule has 0 spiro atoms. The second kappa shape index (κ2) is 5.82. The van der Waals surface area contributed by atoms with Gasteiger partial charge in [-0.25, -0.2) is 0 Å². The summed E-state index contributed by atoms with van der Waals surface area (Å²) < 4.78 is 0. The fourth-order valence-electron chi connectivity index (χ4n) is 2.27. The highest BCUT2D eigenvalue weighted by Crippen LogP contribution is 2.15. The van der Waals surface area contributed by atoms with Crippen LogP contribution in [-0.4, -0.2) is 25.5 Å². The molecule has 1 saturated heterocycles. The van der Waals surface area contributed by atoms with E-state index < -0.39 is 0 Å². The third-order valence-electron chi connectivity index (χ3n) is 3.41. The number of carbonyl (C=O) groups excluding carboxylic acids is 1. The minimum Gasteiger partial charge on any atom is -0.355 e. The molecule has 0 bridgehead atoms. The Kier molecular flexibility index (Phi) is 4.15. The summed E-state index contributed by atoms with van der Waals surface area (Å²) in [6.07, 6.45) is 0.904. The van der Waals surface area contributed by atoms with Crippen molar-refractivity contribution in [2.45, 2.75) is 13.3 Å². The summed E-state index contributed by atoms with van der Waals surface area (Å²) in [5, 5.41) is 6.27. The van der Waals surface area contributed by atoms with Crippen LogP contribution in [0.4, 0.5) is 0 Å². The molecular formula is C14H20N2O. The molecule has 2 unspecified atom stereocenters. The Hall–Kier alpha value is -1.35. The van der Waals surface area contributed by atoms with Crippen LogP contribution in [0.15, 0.2) is 30.3 Å². The van der Waals surface area contributed by atoms with Gasteiger partial charge in [0.05, 0.1) is 5.92 Å². The van der Waals surface area contributed by atoms with Gasteiger partial charge in [-0.1, -0.05) is 37.3 Å². The lowest BCUT2D eigenvalue weighted by Gasteiger charge is -2.14. The number of hydrogen-bond acceptors (Lipinski definition) is 2. The fourth-order valence-corrected chi connectivity index (χ4v) is 2.27. The topological polar surface area (TPSA) is 41.1 Å². The zero-order valence-electron chi connectivity index (χ0n) is 10.3. The van der Waals surface area contributed by atoms with Gasteiger partial charge in [0, 0.05) is 13.1 Å².